The van der Waals surface area contributed by atoms with E-state index in [1.165, 1.54) is 0 Å². The largest absolute Gasteiger partial charge is 0.385 e. The van der Waals surface area contributed by atoms with Gasteiger partial charge in [-0.1, -0.05) is 0 Å². The van der Waals surface area contributed by atoms with Crippen molar-refractivity contribution in [2.75, 3.05) is 20.3 Å². The standard InChI is InChI=1S/C10H22N2O2/c1-10(2,11)8-12-9(13)6-4-5-7-14-3/h4-8,11H2,1-3H3,(H,12,13). The van der Waals surface area contributed by atoms with E-state index in [2.05, 4.69) is 5.32 Å². The van der Waals surface area contributed by atoms with Gasteiger partial charge in [0, 0.05) is 32.2 Å². The lowest BCUT2D eigenvalue weighted by Crippen LogP contribution is -2.45. The van der Waals surface area contributed by atoms with Crippen LogP contribution in [0.15, 0.2) is 0 Å². The van der Waals surface area contributed by atoms with E-state index in [9.17, 15) is 4.79 Å². The summed E-state index contributed by atoms with van der Waals surface area (Å²) in [6.07, 6.45) is 2.35. The number of hydrogen-bond acceptors (Lipinski definition) is 3. The molecule has 0 aliphatic heterocycles. The molecule has 0 spiro atoms. The van der Waals surface area contributed by atoms with Gasteiger partial charge in [-0.25, -0.2) is 0 Å². The lowest BCUT2D eigenvalue weighted by atomic mass is 10.1. The Hall–Kier alpha value is -0.610. The second kappa shape index (κ2) is 6.79. The zero-order valence-corrected chi connectivity index (χ0v) is 9.43. The summed E-state index contributed by atoms with van der Waals surface area (Å²) in [5.74, 6) is 0.0691. The predicted molar refractivity (Wildman–Crippen MR) is 57.0 cm³/mol. The molecule has 0 aromatic heterocycles. The fourth-order valence-corrected chi connectivity index (χ4v) is 0.947. The minimum Gasteiger partial charge on any atom is -0.385 e. The van der Waals surface area contributed by atoms with Gasteiger partial charge in [0.05, 0.1) is 0 Å². The molecular weight excluding hydrogens is 180 g/mol. The summed E-state index contributed by atoms with van der Waals surface area (Å²) in [4.78, 5) is 11.2. The van der Waals surface area contributed by atoms with Crippen LogP contribution in [0.5, 0.6) is 0 Å². The van der Waals surface area contributed by atoms with Crippen LogP contribution in [0.2, 0.25) is 0 Å². The molecule has 0 aliphatic carbocycles. The number of nitrogens with one attached hydrogen (secondary N) is 1. The van der Waals surface area contributed by atoms with Gasteiger partial charge in [0.25, 0.3) is 0 Å². The first kappa shape index (κ1) is 13.4. The van der Waals surface area contributed by atoms with Crippen molar-refractivity contribution < 1.29 is 9.53 Å². The predicted octanol–water partition coefficient (Wildman–Crippen LogP) is 0.657. The molecule has 0 saturated heterocycles. The molecule has 3 N–H and O–H groups in total. The molecule has 0 aromatic carbocycles. The maximum Gasteiger partial charge on any atom is 0.220 e. The smallest absolute Gasteiger partial charge is 0.220 e. The highest BCUT2D eigenvalue weighted by molar-refractivity contribution is 5.75. The molecule has 0 heterocycles. The fourth-order valence-electron chi connectivity index (χ4n) is 0.947. The molecule has 4 heteroatoms. The van der Waals surface area contributed by atoms with Crippen molar-refractivity contribution in [2.45, 2.75) is 38.6 Å². The SMILES string of the molecule is COCCCCC(=O)NCC(C)(C)N. The Bertz CT molecular complexity index is 164. The Morgan fingerprint density at radius 3 is 2.57 bits per heavy atom. The third kappa shape index (κ3) is 9.48. The average molecular weight is 202 g/mol. The first-order valence-corrected chi connectivity index (χ1v) is 5.00. The van der Waals surface area contributed by atoms with Crippen molar-refractivity contribution in [3.63, 3.8) is 0 Å². The summed E-state index contributed by atoms with van der Waals surface area (Å²) >= 11 is 0. The number of hydrogen-bond donors (Lipinski definition) is 2. The van der Waals surface area contributed by atoms with E-state index in [4.69, 9.17) is 10.5 Å². The molecule has 0 fully saturated rings. The number of carbonyl (C=O) groups excluding carboxylic acids is 1. The second-order valence-corrected chi connectivity index (χ2v) is 4.22. The van der Waals surface area contributed by atoms with Crippen LogP contribution in [-0.2, 0) is 9.53 Å². The van der Waals surface area contributed by atoms with Gasteiger partial charge < -0.3 is 15.8 Å². The maximum atomic E-state index is 11.2. The van der Waals surface area contributed by atoms with Crippen LogP contribution in [0.1, 0.15) is 33.1 Å². The monoisotopic (exact) mass is 202 g/mol. The summed E-state index contributed by atoms with van der Waals surface area (Å²) in [5, 5.41) is 2.79. The van der Waals surface area contributed by atoms with Crippen LogP contribution >= 0.6 is 0 Å². The van der Waals surface area contributed by atoms with Crippen LogP contribution in [-0.4, -0.2) is 31.7 Å². The van der Waals surface area contributed by atoms with E-state index in [0.717, 1.165) is 19.4 Å². The third-order valence-corrected chi connectivity index (χ3v) is 1.74. The highest BCUT2D eigenvalue weighted by Crippen LogP contribution is 1.97. The van der Waals surface area contributed by atoms with Crippen molar-refractivity contribution in [1.82, 2.24) is 5.32 Å². The Balaban J connectivity index is 3.38. The number of nitrogens with two attached hydrogens (primary N) is 1. The Morgan fingerprint density at radius 1 is 1.43 bits per heavy atom. The van der Waals surface area contributed by atoms with Crippen molar-refractivity contribution in [3.8, 4) is 0 Å². The zero-order chi connectivity index (χ0) is 11.0. The van der Waals surface area contributed by atoms with Crippen LogP contribution in [0.25, 0.3) is 0 Å². The third-order valence-electron chi connectivity index (χ3n) is 1.74. The summed E-state index contributed by atoms with van der Waals surface area (Å²) in [6.45, 7) is 5.02. The van der Waals surface area contributed by atoms with Gasteiger partial charge in [-0.05, 0) is 26.7 Å². The molecule has 14 heavy (non-hydrogen) atoms. The molecule has 0 saturated carbocycles. The molecule has 0 aliphatic rings. The van der Waals surface area contributed by atoms with Gasteiger partial charge >= 0.3 is 0 Å². The van der Waals surface area contributed by atoms with Crippen molar-refractivity contribution in [2.24, 2.45) is 5.73 Å². The van der Waals surface area contributed by atoms with Crippen molar-refractivity contribution in [3.05, 3.63) is 0 Å². The van der Waals surface area contributed by atoms with E-state index >= 15 is 0 Å². The topological polar surface area (TPSA) is 64.3 Å². The summed E-state index contributed by atoms with van der Waals surface area (Å²) in [6, 6.07) is 0. The van der Waals surface area contributed by atoms with Gasteiger partial charge in [0.2, 0.25) is 5.91 Å². The van der Waals surface area contributed by atoms with E-state index in [1.807, 2.05) is 13.8 Å². The second-order valence-electron chi connectivity index (χ2n) is 4.22. The Kier molecular flexibility index (Phi) is 6.49. The van der Waals surface area contributed by atoms with Gasteiger partial charge in [-0.3, -0.25) is 4.79 Å². The molecule has 1 amide bonds. The maximum absolute atomic E-state index is 11.2. The van der Waals surface area contributed by atoms with E-state index < -0.39 is 0 Å². The van der Waals surface area contributed by atoms with Gasteiger partial charge in [0.15, 0.2) is 0 Å². The van der Waals surface area contributed by atoms with Crippen LogP contribution in [0, 0.1) is 0 Å². The number of amides is 1. The number of methoxy groups -OCH3 is 1. The summed E-state index contributed by atoms with van der Waals surface area (Å²) in [5.41, 5.74) is 5.39. The molecule has 0 unspecified atom stereocenters. The molecule has 84 valence electrons. The zero-order valence-electron chi connectivity index (χ0n) is 9.43. The van der Waals surface area contributed by atoms with Crippen molar-refractivity contribution >= 4 is 5.91 Å². The van der Waals surface area contributed by atoms with E-state index in [1.54, 1.807) is 7.11 Å². The minimum absolute atomic E-state index is 0.0691. The Morgan fingerprint density at radius 2 is 2.07 bits per heavy atom. The van der Waals surface area contributed by atoms with Gasteiger partial charge in [0.1, 0.15) is 0 Å². The summed E-state index contributed by atoms with van der Waals surface area (Å²) in [7, 11) is 1.66. The quantitative estimate of drug-likeness (QED) is 0.596. The molecule has 0 radical (unpaired) electrons. The first-order valence-electron chi connectivity index (χ1n) is 5.00. The highest BCUT2D eigenvalue weighted by atomic mass is 16.5. The number of carbonyl (C=O) groups is 1. The van der Waals surface area contributed by atoms with Gasteiger partial charge in [-0.2, -0.15) is 0 Å². The van der Waals surface area contributed by atoms with E-state index in [0.29, 0.717) is 13.0 Å². The van der Waals surface area contributed by atoms with Gasteiger partial charge in [-0.15, -0.1) is 0 Å². The average Bonchev–Trinajstić information content (AvgIpc) is 2.08. The van der Waals surface area contributed by atoms with Crippen LogP contribution < -0.4 is 11.1 Å². The summed E-state index contributed by atoms with van der Waals surface area (Å²) < 4.78 is 4.89. The van der Waals surface area contributed by atoms with Crippen LogP contribution in [0.4, 0.5) is 0 Å². The molecular formula is C10H22N2O2. The lowest BCUT2D eigenvalue weighted by Gasteiger charge is -2.18. The number of unbranched alkanes of at least 4 members (excludes halogenated alkanes) is 1. The first-order chi connectivity index (χ1) is 6.45. The molecule has 0 aromatic rings. The molecule has 0 rings (SSSR count). The molecule has 0 atom stereocenters. The Labute approximate surface area is 86.2 Å². The fraction of sp³-hybridized carbons (Fsp3) is 0.900. The minimum atomic E-state index is -0.331. The molecule has 0 bridgehead atoms. The number of rotatable bonds is 7. The van der Waals surface area contributed by atoms with Crippen molar-refractivity contribution in [1.29, 1.82) is 0 Å². The molecule has 4 nitrogen and oxygen atoms in total. The van der Waals surface area contributed by atoms with Crippen LogP contribution in [0.3, 0.4) is 0 Å². The normalized spacial score (nSPS) is 11.4. The van der Waals surface area contributed by atoms with E-state index in [-0.39, 0.29) is 11.4 Å². The highest BCUT2D eigenvalue weighted by Gasteiger charge is 2.11. The lowest BCUT2D eigenvalue weighted by molar-refractivity contribution is -0.121. The number of ether oxygens (including phenoxy) is 1.